The number of rotatable bonds is 5. The molecule has 1 aliphatic carbocycles. The van der Waals surface area contributed by atoms with Crippen molar-refractivity contribution in [3.63, 3.8) is 0 Å². The monoisotopic (exact) mass is 463 g/mol. The molecule has 0 spiro atoms. The molecule has 1 aromatic carbocycles. The average molecular weight is 464 g/mol. The predicted molar refractivity (Wildman–Crippen MR) is 119 cm³/mol. The van der Waals surface area contributed by atoms with Crippen LogP contribution in [-0.4, -0.2) is 37.9 Å². The molecule has 0 saturated carbocycles. The molecule has 0 unspecified atom stereocenters. The standard InChI is InChI=1S/C21H25N3O5S2/c1-2-29-20(25)18-16-9-5-6-10-17(16)30-19(18)22-21(26)23-31(27,28)24-12-11-14-7-3-4-8-15(14)13-24/h3-4,7-8H,2,5-6,9-13H2,1H3,(H2,22,23,26). The lowest BCUT2D eigenvalue weighted by molar-refractivity contribution is 0.0526. The molecule has 0 radical (unpaired) electrons. The van der Waals surface area contributed by atoms with E-state index in [1.807, 2.05) is 24.3 Å². The lowest BCUT2D eigenvalue weighted by Gasteiger charge is -2.27. The van der Waals surface area contributed by atoms with Gasteiger partial charge in [-0.1, -0.05) is 24.3 Å². The van der Waals surface area contributed by atoms with Crippen molar-refractivity contribution in [1.29, 1.82) is 0 Å². The van der Waals surface area contributed by atoms with Crippen LogP contribution in [0.4, 0.5) is 9.80 Å². The van der Waals surface area contributed by atoms with Crippen molar-refractivity contribution in [1.82, 2.24) is 9.03 Å². The number of carbonyl (C=O) groups excluding carboxylic acids is 2. The Labute approximate surface area is 185 Å². The topological polar surface area (TPSA) is 105 Å². The highest BCUT2D eigenvalue weighted by atomic mass is 32.2. The summed E-state index contributed by atoms with van der Waals surface area (Å²) in [7, 11) is -4.03. The Morgan fingerprint density at radius 2 is 1.87 bits per heavy atom. The molecule has 2 N–H and O–H groups in total. The van der Waals surface area contributed by atoms with Gasteiger partial charge in [-0.2, -0.15) is 12.7 Å². The first-order valence-electron chi connectivity index (χ1n) is 10.4. The zero-order chi connectivity index (χ0) is 22.0. The van der Waals surface area contributed by atoms with E-state index in [0.717, 1.165) is 47.3 Å². The van der Waals surface area contributed by atoms with Gasteiger partial charge in [0, 0.05) is 18.0 Å². The summed E-state index contributed by atoms with van der Waals surface area (Å²) in [5, 5.41) is 2.92. The summed E-state index contributed by atoms with van der Waals surface area (Å²) >= 11 is 1.32. The number of thiophene rings is 1. The molecule has 10 heteroatoms. The molecular weight excluding hydrogens is 438 g/mol. The normalized spacial score (nSPS) is 16.2. The van der Waals surface area contributed by atoms with Crippen molar-refractivity contribution in [2.75, 3.05) is 18.5 Å². The summed E-state index contributed by atoms with van der Waals surface area (Å²) < 4.78 is 34.1. The molecule has 4 rings (SSSR count). The summed E-state index contributed by atoms with van der Waals surface area (Å²) in [4.78, 5) is 26.1. The molecule has 2 aliphatic rings. The minimum absolute atomic E-state index is 0.208. The van der Waals surface area contributed by atoms with Gasteiger partial charge in [0.25, 0.3) is 0 Å². The zero-order valence-corrected chi connectivity index (χ0v) is 18.9. The van der Waals surface area contributed by atoms with E-state index in [0.29, 0.717) is 23.5 Å². The Morgan fingerprint density at radius 3 is 2.65 bits per heavy atom. The smallest absolute Gasteiger partial charge is 0.341 e. The minimum atomic E-state index is -4.03. The fourth-order valence-electron chi connectivity index (χ4n) is 4.06. The number of carbonyl (C=O) groups is 2. The SMILES string of the molecule is CCOC(=O)c1c(NC(=O)NS(=O)(=O)N2CCc3ccccc3C2)sc2c1CCCC2. The lowest BCUT2D eigenvalue weighted by atomic mass is 9.95. The van der Waals surface area contributed by atoms with E-state index < -0.39 is 22.2 Å². The summed E-state index contributed by atoms with van der Waals surface area (Å²) in [6, 6.07) is 6.78. The molecular formula is C21H25N3O5S2. The first kappa shape index (κ1) is 21.8. The first-order valence-corrected chi connectivity index (χ1v) is 12.6. The van der Waals surface area contributed by atoms with Crippen molar-refractivity contribution in [2.24, 2.45) is 0 Å². The second kappa shape index (κ2) is 8.97. The van der Waals surface area contributed by atoms with Gasteiger partial charge in [0.05, 0.1) is 12.2 Å². The van der Waals surface area contributed by atoms with E-state index >= 15 is 0 Å². The summed E-state index contributed by atoms with van der Waals surface area (Å²) in [5.74, 6) is -0.493. The number of hydrogen-bond donors (Lipinski definition) is 2. The third-order valence-electron chi connectivity index (χ3n) is 5.54. The third kappa shape index (κ3) is 4.60. The maximum atomic E-state index is 12.8. The van der Waals surface area contributed by atoms with Gasteiger partial charge in [-0.3, -0.25) is 5.32 Å². The van der Waals surface area contributed by atoms with E-state index in [2.05, 4.69) is 10.0 Å². The number of urea groups is 1. The maximum absolute atomic E-state index is 12.8. The Balaban J connectivity index is 1.50. The molecule has 0 atom stereocenters. The van der Waals surface area contributed by atoms with Gasteiger partial charge in [0.15, 0.2) is 0 Å². The Hall–Kier alpha value is -2.43. The number of nitrogens with one attached hydrogen (secondary N) is 2. The number of fused-ring (bicyclic) bond motifs is 2. The van der Waals surface area contributed by atoms with E-state index in [-0.39, 0.29) is 13.2 Å². The average Bonchev–Trinajstić information content (AvgIpc) is 3.10. The van der Waals surface area contributed by atoms with Crippen LogP contribution in [-0.2, 0) is 40.8 Å². The van der Waals surface area contributed by atoms with Crippen LogP contribution in [0.3, 0.4) is 0 Å². The Bertz CT molecular complexity index is 1110. The number of nitrogens with zero attached hydrogens (tertiary/aromatic N) is 1. The number of benzene rings is 1. The van der Waals surface area contributed by atoms with Crippen LogP contribution in [0.15, 0.2) is 24.3 Å². The maximum Gasteiger partial charge on any atom is 0.341 e. The van der Waals surface area contributed by atoms with Gasteiger partial charge in [-0.15, -0.1) is 11.3 Å². The molecule has 1 aliphatic heterocycles. The number of anilines is 1. The highest BCUT2D eigenvalue weighted by Gasteiger charge is 2.30. The number of ether oxygens (including phenoxy) is 1. The number of amides is 2. The summed E-state index contributed by atoms with van der Waals surface area (Å²) in [5.41, 5.74) is 3.29. The first-order chi connectivity index (χ1) is 14.9. The predicted octanol–water partition coefficient (Wildman–Crippen LogP) is 3.23. The van der Waals surface area contributed by atoms with Crippen molar-refractivity contribution in [3.8, 4) is 0 Å². The second-order valence-corrected chi connectivity index (χ2v) is 10.3. The van der Waals surface area contributed by atoms with Gasteiger partial charge < -0.3 is 4.74 Å². The molecule has 2 heterocycles. The Morgan fingerprint density at radius 1 is 1.13 bits per heavy atom. The van der Waals surface area contributed by atoms with Crippen molar-refractivity contribution >= 4 is 38.5 Å². The van der Waals surface area contributed by atoms with E-state index in [4.69, 9.17) is 4.74 Å². The zero-order valence-electron chi connectivity index (χ0n) is 17.3. The van der Waals surface area contributed by atoms with Crippen LogP contribution in [0.2, 0.25) is 0 Å². The number of aryl methyl sites for hydroxylation is 1. The van der Waals surface area contributed by atoms with Crippen molar-refractivity contribution < 1.29 is 22.7 Å². The van der Waals surface area contributed by atoms with Gasteiger partial charge in [-0.25, -0.2) is 14.3 Å². The molecule has 2 aromatic rings. The number of hydrogen-bond acceptors (Lipinski definition) is 6. The minimum Gasteiger partial charge on any atom is -0.462 e. The Kier molecular flexibility index (Phi) is 6.31. The van der Waals surface area contributed by atoms with Gasteiger partial charge in [-0.05, 0) is 55.7 Å². The van der Waals surface area contributed by atoms with Gasteiger partial charge in [0.2, 0.25) is 0 Å². The van der Waals surface area contributed by atoms with Crippen LogP contribution in [0.25, 0.3) is 0 Å². The highest BCUT2D eigenvalue weighted by molar-refractivity contribution is 7.87. The second-order valence-electron chi connectivity index (χ2n) is 7.55. The molecule has 0 fully saturated rings. The molecule has 166 valence electrons. The van der Waals surface area contributed by atoms with Gasteiger partial charge in [0.1, 0.15) is 5.00 Å². The van der Waals surface area contributed by atoms with Crippen molar-refractivity contribution in [3.05, 3.63) is 51.4 Å². The molecule has 2 amide bonds. The van der Waals surface area contributed by atoms with E-state index in [9.17, 15) is 18.0 Å². The molecule has 0 bridgehead atoms. The van der Waals surface area contributed by atoms with Crippen molar-refractivity contribution in [2.45, 2.75) is 45.6 Å². The van der Waals surface area contributed by atoms with E-state index in [1.54, 1.807) is 6.92 Å². The van der Waals surface area contributed by atoms with Gasteiger partial charge >= 0.3 is 22.2 Å². The fraction of sp³-hybridized carbons (Fsp3) is 0.429. The number of esters is 1. The van der Waals surface area contributed by atoms with Crippen LogP contribution < -0.4 is 10.0 Å². The van der Waals surface area contributed by atoms with E-state index in [1.165, 1.54) is 15.6 Å². The molecule has 31 heavy (non-hydrogen) atoms. The van der Waals surface area contributed by atoms with Crippen LogP contribution >= 0.6 is 11.3 Å². The summed E-state index contributed by atoms with van der Waals surface area (Å²) in [6.45, 7) is 2.45. The van der Waals surface area contributed by atoms with Crippen LogP contribution in [0.5, 0.6) is 0 Å². The molecule has 1 aromatic heterocycles. The fourth-order valence-corrected chi connectivity index (χ4v) is 6.39. The quantitative estimate of drug-likeness (QED) is 0.663. The summed E-state index contributed by atoms with van der Waals surface area (Å²) in [6.07, 6.45) is 4.15. The largest absolute Gasteiger partial charge is 0.462 e. The third-order valence-corrected chi connectivity index (χ3v) is 8.18. The van der Waals surface area contributed by atoms with Crippen LogP contribution in [0, 0.1) is 0 Å². The van der Waals surface area contributed by atoms with Crippen LogP contribution in [0.1, 0.15) is 51.7 Å². The highest BCUT2D eigenvalue weighted by Crippen LogP contribution is 2.38. The lowest BCUT2D eigenvalue weighted by Crippen LogP contribution is -2.46. The molecule has 8 nitrogen and oxygen atoms in total. The molecule has 0 saturated heterocycles.